The van der Waals surface area contributed by atoms with Crippen LogP contribution in [0.25, 0.3) is 0 Å². The van der Waals surface area contributed by atoms with Crippen molar-refractivity contribution >= 4 is 5.97 Å². The van der Waals surface area contributed by atoms with Gasteiger partial charge in [0.05, 0.1) is 13.0 Å². The molecule has 0 saturated heterocycles. The molecule has 21 heavy (non-hydrogen) atoms. The fraction of sp³-hybridized carbons (Fsp3) is 0.588. The number of benzene rings is 1. The average Bonchev–Trinajstić information content (AvgIpc) is 3.28. The first-order chi connectivity index (χ1) is 10.1. The van der Waals surface area contributed by atoms with Gasteiger partial charge in [0.15, 0.2) is 0 Å². The highest BCUT2D eigenvalue weighted by Gasteiger charge is 2.32. The first-order valence-electron chi connectivity index (χ1n) is 7.63. The van der Waals surface area contributed by atoms with E-state index in [9.17, 15) is 4.79 Å². The molecule has 1 atom stereocenters. The van der Waals surface area contributed by atoms with Gasteiger partial charge in [-0.2, -0.15) is 0 Å². The van der Waals surface area contributed by atoms with Crippen LogP contribution in [0.15, 0.2) is 24.3 Å². The van der Waals surface area contributed by atoms with Gasteiger partial charge in [0.25, 0.3) is 0 Å². The summed E-state index contributed by atoms with van der Waals surface area (Å²) in [6.07, 6.45) is 2.70. The molecule has 0 heterocycles. The summed E-state index contributed by atoms with van der Waals surface area (Å²) in [4.78, 5) is 13.4. The zero-order valence-electron chi connectivity index (χ0n) is 12.9. The predicted octanol–water partition coefficient (Wildman–Crippen LogP) is 2.56. The maximum Gasteiger partial charge on any atom is 0.307 e. The molecule has 1 fully saturated rings. The second kappa shape index (κ2) is 7.57. The van der Waals surface area contributed by atoms with Crippen molar-refractivity contribution in [3.05, 3.63) is 35.4 Å². The molecule has 0 aromatic heterocycles. The Morgan fingerprint density at radius 3 is 2.62 bits per heavy atom. The van der Waals surface area contributed by atoms with Gasteiger partial charge in [-0.05, 0) is 36.8 Å². The molecule has 1 aliphatic rings. The number of hydrogen-bond donors (Lipinski definition) is 1. The quantitative estimate of drug-likeness (QED) is 0.759. The summed E-state index contributed by atoms with van der Waals surface area (Å²) >= 11 is 0. The van der Waals surface area contributed by atoms with E-state index >= 15 is 0 Å². The number of nitrogens with zero attached hydrogens (tertiary/aromatic N) is 1. The van der Waals surface area contributed by atoms with Crippen molar-refractivity contribution in [2.75, 3.05) is 20.3 Å². The summed E-state index contributed by atoms with van der Waals surface area (Å²) in [5, 5.41) is 9.04. The lowest BCUT2D eigenvalue weighted by Crippen LogP contribution is -2.37. The first kappa shape index (κ1) is 16.0. The molecule has 0 spiro atoms. The Labute approximate surface area is 126 Å². The molecule has 0 bridgehead atoms. The summed E-state index contributed by atoms with van der Waals surface area (Å²) in [6, 6.07) is 8.37. The monoisotopic (exact) mass is 291 g/mol. The summed E-state index contributed by atoms with van der Waals surface area (Å²) in [6.45, 7) is 4.66. The Balaban J connectivity index is 2.09. The van der Waals surface area contributed by atoms with Crippen molar-refractivity contribution < 1.29 is 14.6 Å². The third-order valence-corrected chi connectivity index (χ3v) is 4.30. The minimum absolute atomic E-state index is 0.0894. The normalized spacial score (nSPS) is 16.1. The van der Waals surface area contributed by atoms with Crippen LogP contribution in [0, 0.1) is 5.92 Å². The van der Waals surface area contributed by atoms with Crippen LogP contribution in [0.3, 0.4) is 0 Å². The molecule has 0 amide bonds. The Bertz CT molecular complexity index is 471. The number of rotatable bonds is 9. The molecule has 1 N–H and O–H groups in total. The van der Waals surface area contributed by atoms with Gasteiger partial charge in [-0.25, -0.2) is 0 Å². The lowest BCUT2D eigenvalue weighted by Gasteiger charge is -2.29. The number of methoxy groups -OCH3 is 1. The van der Waals surface area contributed by atoms with Crippen molar-refractivity contribution in [1.82, 2.24) is 4.90 Å². The van der Waals surface area contributed by atoms with Gasteiger partial charge in [-0.3, -0.25) is 9.69 Å². The molecule has 1 aliphatic carbocycles. The van der Waals surface area contributed by atoms with Crippen LogP contribution in [0.2, 0.25) is 0 Å². The molecular formula is C17H25NO3. The number of carboxylic acid groups (broad SMARTS) is 1. The molecule has 116 valence electrons. The van der Waals surface area contributed by atoms with Gasteiger partial charge in [0.2, 0.25) is 0 Å². The van der Waals surface area contributed by atoms with E-state index < -0.39 is 5.97 Å². The van der Waals surface area contributed by atoms with Crippen LogP contribution in [-0.2, 0) is 22.5 Å². The van der Waals surface area contributed by atoms with Gasteiger partial charge in [-0.1, -0.05) is 24.3 Å². The van der Waals surface area contributed by atoms with E-state index in [1.807, 2.05) is 24.3 Å². The zero-order valence-corrected chi connectivity index (χ0v) is 12.9. The average molecular weight is 291 g/mol. The second-order valence-corrected chi connectivity index (χ2v) is 5.88. The van der Waals surface area contributed by atoms with Gasteiger partial charge in [0.1, 0.15) is 0 Å². The largest absolute Gasteiger partial charge is 0.481 e. The topological polar surface area (TPSA) is 49.8 Å². The number of hydrogen-bond acceptors (Lipinski definition) is 3. The van der Waals surface area contributed by atoms with Crippen LogP contribution in [0.1, 0.15) is 30.9 Å². The van der Waals surface area contributed by atoms with E-state index in [4.69, 9.17) is 9.84 Å². The van der Waals surface area contributed by atoms with Crippen LogP contribution in [0.5, 0.6) is 0 Å². The molecule has 1 aromatic rings. The van der Waals surface area contributed by atoms with Crippen molar-refractivity contribution in [3.63, 3.8) is 0 Å². The lowest BCUT2D eigenvalue weighted by atomic mass is 10.0. The van der Waals surface area contributed by atoms with Gasteiger partial charge in [0, 0.05) is 26.2 Å². The molecule has 4 heteroatoms. The Morgan fingerprint density at radius 1 is 1.38 bits per heavy atom. The number of carbonyl (C=O) groups is 1. The molecule has 1 saturated carbocycles. The van der Waals surface area contributed by atoms with Gasteiger partial charge in [-0.15, -0.1) is 0 Å². The Kier molecular flexibility index (Phi) is 5.76. The minimum Gasteiger partial charge on any atom is -0.481 e. The van der Waals surface area contributed by atoms with E-state index in [-0.39, 0.29) is 6.42 Å². The zero-order chi connectivity index (χ0) is 15.2. The molecule has 1 unspecified atom stereocenters. The standard InChI is InChI=1S/C17H25NO3/c1-13(14-7-8-14)18(9-10-21-2)12-16-6-4-3-5-15(16)11-17(19)20/h3-6,13-14H,7-12H2,1-2H3,(H,19,20). The summed E-state index contributed by atoms with van der Waals surface area (Å²) in [7, 11) is 1.72. The Hall–Kier alpha value is -1.39. The van der Waals surface area contributed by atoms with E-state index in [1.165, 1.54) is 12.8 Å². The van der Waals surface area contributed by atoms with Crippen molar-refractivity contribution in [1.29, 1.82) is 0 Å². The van der Waals surface area contributed by atoms with Gasteiger partial charge < -0.3 is 9.84 Å². The Morgan fingerprint density at radius 2 is 2.05 bits per heavy atom. The molecular weight excluding hydrogens is 266 g/mol. The van der Waals surface area contributed by atoms with E-state index in [2.05, 4.69) is 11.8 Å². The minimum atomic E-state index is -0.777. The summed E-state index contributed by atoms with van der Waals surface area (Å²) < 4.78 is 5.22. The summed E-state index contributed by atoms with van der Waals surface area (Å²) in [5.41, 5.74) is 2.03. The number of ether oxygens (including phenoxy) is 1. The van der Waals surface area contributed by atoms with Gasteiger partial charge >= 0.3 is 5.97 Å². The molecule has 4 nitrogen and oxygen atoms in total. The van der Waals surface area contributed by atoms with Crippen LogP contribution in [-0.4, -0.2) is 42.3 Å². The molecule has 0 aliphatic heterocycles. The highest BCUT2D eigenvalue weighted by atomic mass is 16.5. The fourth-order valence-electron chi connectivity index (χ4n) is 2.78. The maximum atomic E-state index is 11.0. The van der Waals surface area contributed by atoms with Crippen molar-refractivity contribution in [2.45, 2.75) is 38.8 Å². The lowest BCUT2D eigenvalue weighted by molar-refractivity contribution is -0.136. The van der Waals surface area contributed by atoms with E-state index in [0.29, 0.717) is 12.6 Å². The summed E-state index contributed by atoms with van der Waals surface area (Å²) in [5.74, 6) is 0.00891. The van der Waals surface area contributed by atoms with Crippen LogP contribution in [0.4, 0.5) is 0 Å². The molecule has 0 radical (unpaired) electrons. The van der Waals surface area contributed by atoms with Crippen molar-refractivity contribution in [2.24, 2.45) is 5.92 Å². The third-order valence-electron chi connectivity index (χ3n) is 4.30. The number of carboxylic acids is 1. The fourth-order valence-corrected chi connectivity index (χ4v) is 2.78. The third kappa shape index (κ3) is 4.83. The second-order valence-electron chi connectivity index (χ2n) is 5.88. The predicted molar refractivity (Wildman–Crippen MR) is 82.3 cm³/mol. The first-order valence-corrected chi connectivity index (χ1v) is 7.63. The van der Waals surface area contributed by atoms with E-state index in [1.54, 1.807) is 7.11 Å². The highest BCUT2D eigenvalue weighted by Crippen LogP contribution is 2.35. The highest BCUT2D eigenvalue weighted by molar-refractivity contribution is 5.70. The smallest absolute Gasteiger partial charge is 0.307 e. The molecule has 1 aromatic carbocycles. The van der Waals surface area contributed by atoms with Crippen LogP contribution < -0.4 is 0 Å². The van der Waals surface area contributed by atoms with E-state index in [0.717, 1.165) is 30.1 Å². The number of aliphatic carboxylic acids is 1. The maximum absolute atomic E-state index is 11.0. The van der Waals surface area contributed by atoms with Crippen LogP contribution >= 0.6 is 0 Å². The van der Waals surface area contributed by atoms with Crippen molar-refractivity contribution in [3.8, 4) is 0 Å². The SMILES string of the molecule is COCCN(Cc1ccccc1CC(=O)O)C(C)C1CC1. The molecule has 2 rings (SSSR count).